The van der Waals surface area contributed by atoms with Crippen molar-refractivity contribution in [2.24, 2.45) is 0 Å². The molecule has 0 aliphatic rings. The third-order valence-electron chi connectivity index (χ3n) is 1.83. The van der Waals surface area contributed by atoms with Gasteiger partial charge in [-0.15, -0.1) is 0 Å². The summed E-state index contributed by atoms with van der Waals surface area (Å²) in [5.41, 5.74) is 0. The standard InChI is InChI=1S/C10H7BrO/c11-8-5-1-3-7-4-2-6-9(12)10(7)8/h1-6,12H. The van der Waals surface area contributed by atoms with Gasteiger partial charge in [-0.05, 0) is 17.5 Å². The van der Waals surface area contributed by atoms with Gasteiger partial charge < -0.3 is 5.11 Å². The van der Waals surface area contributed by atoms with Gasteiger partial charge >= 0.3 is 0 Å². The molecule has 0 saturated carbocycles. The zero-order valence-corrected chi connectivity index (χ0v) is 7.88. The molecule has 1 N–H and O–H groups in total. The second kappa shape index (κ2) is 2.79. The van der Waals surface area contributed by atoms with Crippen LogP contribution >= 0.6 is 15.9 Å². The molecule has 0 heterocycles. The van der Waals surface area contributed by atoms with Crippen molar-refractivity contribution in [3.8, 4) is 5.75 Å². The van der Waals surface area contributed by atoms with Crippen molar-refractivity contribution >= 4 is 26.7 Å². The normalized spacial score (nSPS) is 10.4. The highest BCUT2D eigenvalue weighted by atomic mass is 79.9. The van der Waals surface area contributed by atoms with Gasteiger partial charge in [0.2, 0.25) is 0 Å². The summed E-state index contributed by atoms with van der Waals surface area (Å²) in [5.74, 6) is 0.319. The number of hydrogen-bond acceptors (Lipinski definition) is 1. The fourth-order valence-corrected chi connectivity index (χ4v) is 1.86. The van der Waals surface area contributed by atoms with Crippen LogP contribution in [0.25, 0.3) is 10.8 Å². The fraction of sp³-hybridized carbons (Fsp3) is 0. The molecule has 0 radical (unpaired) electrons. The van der Waals surface area contributed by atoms with Crippen LogP contribution in [0.3, 0.4) is 0 Å². The molecule has 0 spiro atoms. The first-order valence-corrected chi connectivity index (χ1v) is 4.44. The number of fused-ring (bicyclic) bond motifs is 1. The molecule has 0 amide bonds. The van der Waals surface area contributed by atoms with Crippen molar-refractivity contribution in [2.75, 3.05) is 0 Å². The molecule has 12 heavy (non-hydrogen) atoms. The van der Waals surface area contributed by atoms with Gasteiger partial charge in [-0.2, -0.15) is 0 Å². The Bertz CT molecular complexity index is 386. The summed E-state index contributed by atoms with van der Waals surface area (Å²) in [7, 11) is 0. The summed E-state index contributed by atoms with van der Waals surface area (Å²) >= 11 is 3.39. The van der Waals surface area contributed by atoms with E-state index in [0.717, 1.165) is 15.2 Å². The zero-order valence-electron chi connectivity index (χ0n) is 6.29. The maximum absolute atomic E-state index is 9.52. The Kier molecular flexibility index (Phi) is 1.77. The summed E-state index contributed by atoms with van der Waals surface area (Å²) in [6.07, 6.45) is 0. The lowest BCUT2D eigenvalue weighted by atomic mass is 10.1. The highest BCUT2D eigenvalue weighted by molar-refractivity contribution is 9.10. The molecule has 0 aromatic heterocycles. The van der Waals surface area contributed by atoms with Crippen molar-refractivity contribution in [3.63, 3.8) is 0 Å². The Morgan fingerprint density at radius 1 is 1.00 bits per heavy atom. The number of hydrogen-bond donors (Lipinski definition) is 1. The Morgan fingerprint density at radius 3 is 2.33 bits per heavy atom. The highest BCUT2D eigenvalue weighted by Crippen LogP contribution is 2.30. The first-order valence-electron chi connectivity index (χ1n) is 3.65. The lowest BCUT2D eigenvalue weighted by Crippen LogP contribution is -1.74. The number of rotatable bonds is 0. The molecule has 0 fully saturated rings. The average molecular weight is 223 g/mol. The van der Waals surface area contributed by atoms with E-state index in [2.05, 4.69) is 15.9 Å². The van der Waals surface area contributed by atoms with E-state index in [0.29, 0.717) is 5.75 Å². The second-order valence-corrected chi connectivity index (χ2v) is 3.47. The van der Waals surface area contributed by atoms with Crippen LogP contribution in [0.2, 0.25) is 0 Å². The third kappa shape index (κ3) is 1.08. The number of aromatic hydroxyl groups is 1. The van der Waals surface area contributed by atoms with Crippen LogP contribution in [0.1, 0.15) is 0 Å². The van der Waals surface area contributed by atoms with Crippen LogP contribution in [0.15, 0.2) is 40.9 Å². The predicted octanol–water partition coefficient (Wildman–Crippen LogP) is 3.31. The minimum Gasteiger partial charge on any atom is -0.507 e. The number of benzene rings is 2. The van der Waals surface area contributed by atoms with Crippen LogP contribution < -0.4 is 0 Å². The summed E-state index contributed by atoms with van der Waals surface area (Å²) in [6.45, 7) is 0. The van der Waals surface area contributed by atoms with Gasteiger partial charge in [-0.3, -0.25) is 0 Å². The van der Waals surface area contributed by atoms with E-state index in [9.17, 15) is 5.11 Å². The minimum atomic E-state index is 0.319. The molecule has 2 rings (SSSR count). The van der Waals surface area contributed by atoms with Crippen LogP contribution in [0, 0.1) is 0 Å². The molecule has 0 saturated heterocycles. The van der Waals surface area contributed by atoms with E-state index in [-0.39, 0.29) is 0 Å². The molecule has 60 valence electrons. The minimum absolute atomic E-state index is 0.319. The monoisotopic (exact) mass is 222 g/mol. The summed E-state index contributed by atoms with van der Waals surface area (Å²) in [5, 5.41) is 11.4. The number of halogens is 1. The van der Waals surface area contributed by atoms with Gasteiger partial charge in [0, 0.05) is 9.86 Å². The van der Waals surface area contributed by atoms with Gasteiger partial charge in [-0.25, -0.2) is 0 Å². The molecule has 0 aliphatic heterocycles. The maximum atomic E-state index is 9.52. The van der Waals surface area contributed by atoms with Crippen molar-refractivity contribution in [1.29, 1.82) is 0 Å². The Balaban J connectivity index is 2.96. The van der Waals surface area contributed by atoms with E-state index < -0.39 is 0 Å². The molecule has 2 aromatic carbocycles. The van der Waals surface area contributed by atoms with Crippen LogP contribution in [0.4, 0.5) is 0 Å². The fourth-order valence-electron chi connectivity index (χ4n) is 1.28. The lowest BCUT2D eigenvalue weighted by molar-refractivity contribution is 0.481. The predicted molar refractivity (Wildman–Crippen MR) is 53.3 cm³/mol. The van der Waals surface area contributed by atoms with Gasteiger partial charge in [0.15, 0.2) is 0 Å². The molecule has 0 atom stereocenters. The quantitative estimate of drug-likeness (QED) is 0.726. The Labute approximate surface area is 78.8 Å². The van der Waals surface area contributed by atoms with Crippen molar-refractivity contribution in [1.82, 2.24) is 0 Å². The van der Waals surface area contributed by atoms with E-state index in [1.54, 1.807) is 6.07 Å². The number of phenolic OH excluding ortho intramolecular Hbond substituents is 1. The van der Waals surface area contributed by atoms with E-state index in [4.69, 9.17) is 0 Å². The summed E-state index contributed by atoms with van der Waals surface area (Å²) in [6, 6.07) is 11.3. The Morgan fingerprint density at radius 2 is 1.67 bits per heavy atom. The van der Waals surface area contributed by atoms with Gasteiger partial charge in [-0.1, -0.05) is 40.2 Å². The largest absolute Gasteiger partial charge is 0.507 e. The van der Waals surface area contributed by atoms with Crippen molar-refractivity contribution < 1.29 is 5.11 Å². The molecule has 0 aliphatic carbocycles. The first-order chi connectivity index (χ1) is 5.79. The topological polar surface area (TPSA) is 20.2 Å². The van der Waals surface area contributed by atoms with Crippen LogP contribution in [-0.4, -0.2) is 5.11 Å². The first kappa shape index (κ1) is 7.62. The summed E-state index contributed by atoms with van der Waals surface area (Å²) in [4.78, 5) is 0. The summed E-state index contributed by atoms with van der Waals surface area (Å²) < 4.78 is 0.929. The molecule has 1 nitrogen and oxygen atoms in total. The number of phenols is 1. The van der Waals surface area contributed by atoms with E-state index >= 15 is 0 Å². The molecule has 2 aromatic rings. The van der Waals surface area contributed by atoms with Crippen LogP contribution in [-0.2, 0) is 0 Å². The van der Waals surface area contributed by atoms with Gasteiger partial charge in [0.25, 0.3) is 0 Å². The van der Waals surface area contributed by atoms with E-state index in [1.165, 1.54) is 0 Å². The Hall–Kier alpha value is -1.02. The van der Waals surface area contributed by atoms with Crippen LogP contribution in [0.5, 0.6) is 5.75 Å². The SMILES string of the molecule is Oc1cccc2cccc(Br)c12. The molecule has 0 bridgehead atoms. The second-order valence-electron chi connectivity index (χ2n) is 2.62. The molecule has 2 heteroatoms. The third-order valence-corrected chi connectivity index (χ3v) is 2.49. The maximum Gasteiger partial charge on any atom is 0.124 e. The van der Waals surface area contributed by atoms with Gasteiger partial charge in [0.05, 0.1) is 0 Å². The molecular weight excluding hydrogens is 216 g/mol. The zero-order chi connectivity index (χ0) is 8.55. The van der Waals surface area contributed by atoms with Crippen molar-refractivity contribution in [3.05, 3.63) is 40.9 Å². The lowest BCUT2D eigenvalue weighted by Gasteiger charge is -2.01. The smallest absolute Gasteiger partial charge is 0.124 e. The highest BCUT2D eigenvalue weighted by Gasteiger charge is 2.01. The molecule has 0 unspecified atom stereocenters. The van der Waals surface area contributed by atoms with Gasteiger partial charge in [0.1, 0.15) is 5.75 Å². The van der Waals surface area contributed by atoms with E-state index in [1.807, 2.05) is 30.3 Å². The van der Waals surface area contributed by atoms with Crippen molar-refractivity contribution in [2.45, 2.75) is 0 Å². The average Bonchev–Trinajstić information content (AvgIpc) is 2.04. The molecular formula is C10H7BrO.